The van der Waals surface area contributed by atoms with Crippen molar-refractivity contribution in [3.63, 3.8) is 0 Å². The standard InChI is InChI=1S/C14H17NO2/c1-13(2)8-14(9-13,15-10-16)11-5-4-6-12(7-11)17-3/h4-7H,8-9H2,1-3H3. The molecule has 0 N–H and O–H groups in total. The molecule has 0 spiro atoms. The quantitative estimate of drug-likeness (QED) is 0.592. The largest absolute Gasteiger partial charge is 0.497 e. The second kappa shape index (κ2) is 4.01. The van der Waals surface area contributed by atoms with Gasteiger partial charge in [0.05, 0.1) is 12.6 Å². The van der Waals surface area contributed by atoms with Crippen LogP contribution < -0.4 is 4.74 Å². The lowest BCUT2D eigenvalue weighted by atomic mass is 9.57. The highest BCUT2D eigenvalue weighted by Gasteiger charge is 2.50. The molecule has 3 nitrogen and oxygen atoms in total. The van der Waals surface area contributed by atoms with E-state index in [9.17, 15) is 4.79 Å². The van der Waals surface area contributed by atoms with Crippen molar-refractivity contribution in [2.75, 3.05) is 7.11 Å². The third-order valence-corrected chi connectivity index (χ3v) is 3.41. The second-order valence-electron chi connectivity index (χ2n) is 5.48. The van der Waals surface area contributed by atoms with E-state index in [-0.39, 0.29) is 11.0 Å². The molecule has 0 heterocycles. The van der Waals surface area contributed by atoms with Gasteiger partial charge in [0.15, 0.2) is 0 Å². The summed E-state index contributed by atoms with van der Waals surface area (Å²) < 4.78 is 5.21. The van der Waals surface area contributed by atoms with Crippen molar-refractivity contribution in [1.82, 2.24) is 0 Å². The fourth-order valence-electron chi connectivity index (χ4n) is 2.88. The first-order valence-electron chi connectivity index (χ1n) is 5.75. The van der Waals surface area contributed by atoms with Crippen molar-refractivity contribution in [1.29, 1.82) is 0 Å². The summed E-state index contributed by atoms with van der Waals surface area (Å²) in [5, 5.41) is 0. The number of nitrogens with zero attached hydrogens (tertiary/aromatic N) is 1. The number of ether oxygens (including phenoxy) is 1. The maximum atomic E-state index is 10.6. The van der Waals surface area contributed by atoms with Crippen LogP contribution in [0.2, 0.25) is 0 Å². The van der Waals surface area contributed by atoms with Crippen LogP contribution in [0, 0.1) is 5.41 Å². The van der Waals surface area contributed by atoms with Crippen LogP contribution in [0.25, 0.3) is 0 Å². The van der Waals surface area contributed by atoms with Crippen molar-refractivity contribution in [2.24, 2.45) is 10.4 Å². The van der Waals surface area contributed by atoms with Crippen molar-refractivity contribution in [3.05, 3.63) is 29.8 Å². The number of rotatable bonds is 3. The molecule has 1 saturated carbocycles. The third-order valence-electron chi connectivity index (χ3n) is 3.41. The number of methoxy groups -OCH3 is 1. The molecule has 3 heteroatoms. The van der Waals surface area contributed by atoms with Crippen molar-refractivity contribution in [3.8, 4) is 5.75 Å². The van der Waals surface area contributed by atoms with E-state index in [1.165, 1.54) is 0 Å². The maximum Gasteiger partial charge on any atom is 0.235 e. The molecule has 2 rings (SSSR count). The molecule has 90 valence electrons. The van der Waals surface area contributed by atoms with Crippen LogP contribution in [0.1, 0.15) is 32.3 Å². The minimum atomic E-state index is -0.389. The van der Waals surface area contributed by atoms with Crippen molar-refractivity contribution < 1.29 is 9.53 Å². The fraction of sp³-hybridized carbons (Fsp3) is 0.500. The number of benzene rings is 1. The van der Waals surface area contributed by atoms with Crippen LogP contribution in [-0.2, 0) is 10.3 Å². The molecule has 0 amide bonds. The third kappa shape index (κ3) is 2.11. The summed E-state index contributed by atoms with van der Waals surface area (Å²) in [7, 11) is 1.64. The Morgan fingerprint density at radius 3 is 2.59 bits per heavy atom. The molecular weight excluding hydrogens is 214 g/mol. The van der Waals surface area contributed by atoms with Crippen LogP contribution in [0.15, 0.2) is 29.3 Å². The SMILES string of the molecule is COc1cccc(C2(N=C=O)CC(C)(C)C2)c1. The lowest BCUT2D eigenvalue weighted by molar-refractivity contribution is 0.0637. The van der Waals surface area contributed by atoms with E-state index >= 15 is 0 Å². The lowest BCUT2D eigenvalue weighted by Gasteiger charge is -2.50. The van der Waals surface area contributed by atoms with E-state index < -0.39 is 0 Å². The molecule has 1 aromatic carbocycles. The molecule has 0 aliphatic heterocycles. The Hall–Kier alpha value is -1.60. The number of hydrogen-bond acceptors (Lipinski definition) is 3. The fourth-order valence-corrected chi connectivity index (χ4v) is 2.88. The summed E-state index contributed by atoms with van der Waals surface area (Å²) in [5.74, 6) is 0.799. The molecule has 0 saturated heterocycles. The summed E-state index contributed by atoms with van der Waals surface area (Å²) in [6.45, 7) is 4.37. The zero-order valence-corrected chi connectivity index (χ0v) is 10.5. The molecule has 0 aromatic heterocycles. The number of aliphatic imine (C=N–C) groups is 1. The molecular formula is C14H17NO2. The molecule has 1 fully saturated rings. The molecule has 1 aliphatic carbocycles. The van der Waals surface area contributed by atoms with Gasteiger partial charge in [0.25, 0.3) is 0 Å². The zero-order valence-electron chi connectivity index (χ0n) is 10.5. The van der Waals surface area contributed by atoms with E-state index in [0.717, 1.165) is 24.2 Å². The van der Waals surface area contributed by atoms with Crippen LogP contribution in [-0.4, -0.2) is 13.2 Å². The second-order valence-corrected chi connectivity index (χ2v) is 5.48. The Labute approximate surface area is 102 Å². The van der Waals surface area contributed by atoms with Gasteiger partial charge in [-0.1, -0.05) is 26.0 Å². The monoisotopic (exact) mass is 231 g/mol. The molecule has 17 heavy (non-hydrogen) atoms. The molecule has 1 aromatic rings. The topological polar surface area (TPSA) is 38.7 Å². The van der Waals surface area contributed by atoms with E-state index in [2.05, 4.69) is 18.8 Å². The first-order valence-corrected chi connectivity index (χ1v) is 5.75. The van der Waals surface area contributed by atoms with E-state index in [1.807, 2.05) is 24.3 Å². The number of hydrogen-bond donors (Lipinski definition) is 0. The van der Waals surface area contributed by atoms with E-state index in [4.69, 9.17) is 4.74 Å². The minimum absolute atomic E-state index is 0.240. The van der Waals surface area contributed by atoms with Crippen molar-refractivity contribution >= 4 is 6.08 Å². The van der Waals surface area contributed by atoms with Gasteiger partial charge < -0.3 is 4.74 Å². The van der Waals surface area contributed by atoms with Gasteiger partial charge in [-0.2, -0.15) is 4.99 Å². The molecule has 1 aliphatic rings. The molecule has 0 atom stereocenters. The van der Waals surface area contributed by atoms with Crippen molar-refractivity contribution in [2.45, 2.75) is 32.2 Å². The van der Waals surface area contributed by atoms with E-state index in [0.29, 0.717) is 0 Å². The summed E-state index contributed by atoms with van der Waals surface area (Å²) in [5.41, 5.74) is 0.892. The Morgan fingerprint density at radius 1 is 1.35 bits per heavy atom. The zero-order chi connectivity index (χ0) is 12.5. The van der Waals surface area contributed by atoms with Crippen LogP contribution in [0.5, 0.6) is 5.75 Å². The summed E-state index contributed by atoms with van der Waals surface area (Å²) >= 11 is 0. The molecule has 0 unspecified atom stereocenters. The van der Waals surface area contributed by atoms with Crippen LogP contribution in [0.3, 0.4) is 0 Å². The van der Waals surface area contributed by atoms with E-state index in [1.54, 1.807) is 13.2 Å². The van der Waals surface area contributed by atoms with Gasteiger partial charge in [0.1, 0.15) is 5.75 Å². The maximum absolute atomic E-state index is 10.6. The van der Waals surface area contributed by atoms with Gasteiger partial charge >= 0.3 is 0 Å². The smallest absolute Gasteiger partial charge is 0.235 e. The first kappa shape index (κ1) is 11.9. The van der Waals surface area contributed by atoms with Crippen LogP contribution in [0.4, 0.5) is 0 Å². The highest BCUT2D eigenvalue weighted by molar-refractivity contribution is 5.42. The highest BCUT2D eigenvalue weighted by atomic mass is 16.5. The summed E-state index contributed by atoms with van der Waals surface area (Å²) in [4.78, 5) is 14.7. The predicted octanol–water partition coefficient (Wildman–Crippen LogP) is 3.05. The van der Waals surface area contributed by atoms with Gasteiger partial charge in [-0.25, -0.2) is 4.79 Å². The Bertz CT molecular complexity index is 465. The lowest BCUT2D eigenvalue weighted by Crippen LogP contribution is -2.45. The molecule has 0 radical (unpaired) electrons. The number of carbonyl (C=O) groups excluding carboxylic acids is 1. The Balaban J connectivity index is 2.38. The Morgan fingerprint density at radius 2 is 2.06 bits per heavy atom. The van der Waals surface area contributed by atoms with Gasteiger partial charge in [-0.05, 0) is 36.0 Å². The highest BCUT2D eigenvalue weighted by Crippen LogP contribution is 2.56. The Kier molecular flexibility index (Phi) is 2.80. The average molecular weight is 231 g/mol. The molecule has 0 bridgehead atoms. The van der Waals surface area contributed by atoms with Gasteiger partial charge in [0, 0.05) is 0 Å². The predicted molar refractivity (Wildman–Crippen MR) is 65.8 cm³/mol. The average Bonchev–Trinajstić information content (AvgIpc) is 2.27. The van der Waals surface area contributed by atoms with Crippen LogP contribution >= 0.6 is 0 Å². The minimum Gasteiger partial charge on any atom is -0.497 e. The summed E-state index contributed by atoms with van der Waals surface area (Å²) in [6, 6.07) is 7.78. The van der Waals surface area contributed by atoms with Gasteiger partial charge in [-0.3, -0.25) is 0 Å². The van der Waals surface area contributed by atoms with Gasteiger partial charge in [-0.15, -0.1) is 0 Å². The summed E-state index contributed by atoms with van der Waals surface area (Å²) in [6.07, 6.45) is 3.47. The number of isocyanates is 1. The van der Waals surface area contributed by atoms with Gasteiger partial charge in [0.2, 0.25) is 6.08 Å². The normalized spacial score (nSPS) is 19.9. The first-order chi connectivity index (χ1) is 8.01.